The van der Waals surface area contributed by atoms with E-state index in [4.69, 9.17) is 27.6 Å². The highest BCUT2D eigenvalue weighted by Crippen LogP contribution is 2.29. The van der Waals surface area contributed by atoms with Crippen molar-refractivity contribution in [3.05, 3.63) is 56.4 Å². The number of benzene rings is 1. The van der Waals surface area contributed by atoms with Crippen LogP contribution in [-0.4, -0.2) is 5.78 Å². The van der Waals surface area contributed by atoms with Gasteiger partial charge < -0.3 is 4.42 Å². The highest BCUT2D eigenvalue weighted by Gasteiger charge is 2.18. The minimum atomic E-state index is -0.229. The minimum Gasteiger partial charge on any atom is -0.457 e. The molecule has 0 bridgehead atoms. The lowest BCUT2D eigenvalue weighted by Crippen LogP contribution is -2.01. The van der Waals surface area contributed by atoms with E-state index in [0.717, 1.165) is 0 Å². The van der Waals surface area contributed by atoms with E-state index in [-0.39, 0.29) is 10.8 Å². The third-order valence-corrected chi connectivity index (χ3v) is 3.49. The third-order valence-electron chi connectivity index (χ3n) is 2.06. The van der Waals surface area contributed by atoms with Crippen molar-refractivity contribution >= 4 is 44.9 Å². The van der Waals surface area contributed by atoms with Crippen LogP contribution in [0.1, 0.15) is 15.9 Å². The second-order valence-electron chi connectivity index (χ2n) is 3.04. The maximum atomic E-state index is 12.1. The van der Waals surface area contributed by atoms with Gasteiger partial charge in [0.05, 0.1) is 21.9 Å². The van der Waals surface area contributed by atoms with E-state index >= 15 is 0 Å². The van der Waals surface area contributed by atoms with Crippen LogP contribution in [0.15, 0.2) is 39.6 Å². The van der Waals surface area contributed by atoms with Crippen molar-refractivity contribution in [2.24, 2.45) is 0 Å². The summed E-state index contributed by atoms with van der Waals surface area (Å²) in [6, 6.07) is 6.50. The standard InChI is InChI=1S/C11H5BrCl2O2/c12-11-7(4-5-16-11)10(15)6-2-1-3-8(13)9(6)14/h1-5H. The number of hydrogen-bond acceptors (Lipinski definition) is 2. The monoisotopic (exact) mass is 318 g/mol. The van der Waals surface area contributed by atoms with Gasteiger partial charge in [0.25, 0.3) is 0 Å². The van der Waals surface area contributed by atoms with Crippen molar-refractivity contribution in [3.63, 3.8) is 0 Å². The smallest absolute Gasteiger partial charge is 0.199 e. The molecule has 0 atom stereocenters. The van der Waals surface area contributed by atoms with Gasteiger partial charge in [0.1, 0.15) is 0 Å². The van der Waals surface area contributed by atoms with E-state index in [2.05, 4.69) is 15.9 Å². The lowest BCUT2D eigenvalue weighted by molar-refractivity contribution is 0.103. The van der Waals surface area contributed by atoms with Crippen molar-refractivity contribution < 1.29 is 9.21 Å². The van der Waals surface area contributed by atoms with Crippen LogP contribution >= 0.6 is 39.1 Å². The number of ketones is 1. The Morgan fingerprint density at radius 3 is 2.56 bits per heavy atom. The summed E-state index contributed by atoms with van der Waals surface area (Å²) in [5, 5.41) is 0.606. The fourth-order valence-corrected chi connectivity index (χ4v) is 2.09. The molecule has 1 heterocycles. The Labute approximate surface area is 110 Å². The van der Waals surface area contributed by atoms with Gasteiger partial charge in [-0.15, -0.1) is 0 Å². The lowest BCUT2D eigenvalue weighted by atomic mass is 10.1. The molecule has 0 unspecified atom stereocenters. The zero-order valence-corrected chi connectivity index (χ0v) is 10.9. The van der Waals surface area contributed by atoms with E-state index in [0.29, 0.717) is 20.8 Å². The van der Waals surface area contributed by atoms with E-state index in [9.17, 15) is 4.79 Å². The third kappa shape index (κ3) is 2.03. The Kier molecular flexibility index (Phi) is 3.38. The molecule has 0 saturated carbocycles. The van der Waals surface area contributed by atoms with E-state index in [1.165, 1.54) is 6.26 Å². The van der Waals surface area contributed by atoms with Gasteiger partial charge in [-0.05, 0) is 34.1 Å². The minimum absolute atomic E-state index is 0.229. The number of rotatable bonds is 2. The molecule has 2 nitrogen and oxygen atoms in total. The topological polar surface area (TPSA) is 30.2 Å². The SMILES string of the molecule is O=C(c1ccoc1Br)c1cccc(Cl)c1Cl. The zero-order chi connectivity index (χ0) is 11.7. The van der Waals surface area contributed by atoms with Crippen LogP contribution in [0.25, 0.3) is 0 Å². The second kappa shape index (κ2) is 4.62. The normalized spacial score (nSPS) is 10.4. The van der Waals surface area contributed by atoms with Crippen LogP contribution in [0.4, 0.5) is 0 Å². The summed E-state index contributed by atoms with van der Waals surface area (Å²) < 4.78 is 5.38. The average molecular weight is 320 g/mol. The van der Waals surface area contributed by atoms with Gasteiger partial charge in [0, 0.05) is 5.56 Å². The Hall–Kier alpha value is -0.770. The molecule has 0 N–H and O–H groups in total. The van der Waals surface area contributed by atoms with Crippen LogP contribution in [0, 0.1) is 0 Å². The Morgan fingerprint density at radius 1 is 1.19 bits per heavy atom. The summed E-state index contributed by atoms with van der Waals surface area (Å²) >= 11 is 14.9. The highest BCUT2D eigenvalue weighted by molar-refractivity contribution is 9.10. The molecule has 0 fully saturated rings. The molecule has 0 aliphatic heterocycles. The quantitative estimate of drug-likeness (QED) is 0.758. The molecular formula is C11H5BrCl2O2. The molecule has 82 valence electrons. The maximum absolute atomic E-state index is 12.1. The summed E-state index contributed by atoms with van der Waals surface area (Å²) in [7, 11) is 0. The number of carbonyl (C=O) groups is 1. The molecule has 0 saturated heterocycles. The molecule has 5 heteroatoms. The van der Waals surface area contributed by atoms with Gasteiger partial charge in [0.15, 0.2) is 10.5 Å². The molecule has 0 radical (unpaired) electrons. The maximum Gasteiger partial charge on any atom is 0.199 e. The first-order valence-electron chi connectivity index (χ1n) is 4.33. The van der Waals surface area contributed by atoms with E-state index in [1.807, 2.05) is 0 Å². The average Bonchev–Trinajstić information content (AvgIpc) is 2.68. The van der Waals surface area contributed by atoms with Gasteiger partial charge in [0.2, 0.25) is 0 Å². The molecule has 1 aromatic carbocycles. The van der Waals surface area contributed by atoms with Gasteiger partial charge in [-0.3, -0.25) is 4.79 Å². The first kappa shape index (κ1) is 11.7. The number of hydrogen-bond donors (Lipinski definition) is 0. The summed E-state index contributed by atoms with van der Waals surface area (Å²) in [6.45, 7) is 0. The van der Waals surface area contributed by atoms with Crippen LogP contribution in [-0.2, 0) is 0 Å². The number of carbonyl (C=O) groups excluding carboxylic acids is 1. The molecule has 0 amide bonds. The van der Waals surface area contributed by atoms with Crippen molar-refractivity contribution in [2.45, 2.75) is 0 Å². The Morgan fingerprint density at radius 2 is 1.94 bits per heavy atom. The van der Waals surface area contributed by atoms with Crippen molar-refractivity contribution in [3.8, 4) is 0 Å². The summed E-state index contributed by atoms with van der Waals surface area (Å²) in [6.07, 6.45) is 1.43. The summed E-state index contributed by atoms with van der Waals surface area (Å²) in [5.74, 6) is -0.229. The molecule has 1 aromatic heterocycles. The van der Waals surface area contributed by atoms with Crippen LogP contribution < -0.4 is 0 Å². The first-order chi connectivity index (χ1) is 7.61. The number of halogens is 3. The lowest BCUT2D eigenvalue weighted by Gasteiger charge is -2.03. The fraction of sp³-hybridized carbons (Fsp3) is 0. The molecule has 16 heavy (non-hydrogen) atoms. The van der Waals surface area contributed by atoms with E-state index in [1.54, 1.807) is 24.3 Å². The van der Waals surface area contributed by atoms with Gasteiger partial charge in [-0.1, -0.05) is 29.3 Å². The van der Waals surface area contributed by atoms with Crippen LogP contribution in [0.3, 0.4) is 0 Å². The van der Waals surface area contributed by atoms with Gasteiger partial charge >= 0.3 is 0 Å². The largest absolute Gasteiger partial charge is 0.457 e. The molecule has 0 spiro atoms. The Balaban J connectivity index is 2.50. The van der Waals surface area contributed by atoms with Gasteiger partial charge in [-0.2, -0.15) is 0 Å². The molecule has 2 aromatic rings. The van der Waals surface area contributed by atoms with Crippen molar-refractivity contribution in [1.29, 1.82) is 0 Å². The van der Waals surface area contributed by atoms with Crippen molar-refractivity contribution in [1.82, 2.24) is 0 Å². The van der Waals surface area contributed by atoms with Crippen LogP contribution in [0.2, 0.25) is 10.0 Å². The highest BCUT2D eigenvalue weighted by atomic mass is 79.9. The van der Waals surface area contributed by atoms with Gasteiger partial charge in [-0.25, -0.2) is 0 Å². The second-order valence-corrected chi connectivity index (χ2v) is 4.54. The van der Waals surface area contributed by atoms with Crippen molar-refractivity contribution in [2.75, 3.05) is 0 Å². The Bertz CT molecular complexity index is 549. The number of furan rings is 1. The molecule has 2 rings (SSSR count). The predicted octanol–water partition coefficient (Wildman–Crippen LogP) is 4.58. The molecular weight excluding hydrogens is 315 g/mol. The zero-order valence-electron chi connectivity index (χ0n) is 7.84. The van der Waals surface area contributed by atoms with E-state index < -0.39 is 0 Å². The predicted molar refractivity (Wildman–Crippen MR) is 66.3 cm³/mol. The molecule has 0 aliphatic rings. The molecule has 0 aliphatic carbocycles. The summed E-state index contributed by atoms with van der Waals surface area (Å²) in [4.78, 5) is 12.1. The summed E-state index contributed by atoms with van der Waals surface area (Å²) in [5.41, 5.74) is 0.778. The van der Waals surface area contributed by atoms with Crippen LogP contribution in [0.5, 0.6) is 0 Å². The fourth-order valence-electron chi connectivity index (χ4n) is 1.28. The first-order valence-corrected chi connectivity index (χ1v) is 5.88.